The zero-order chi connectivity index (χ0) is 7.61. The Hall–Kier alpha value is -0.120. The van der Waals surface area contributed by atoms with Crippen molar-refractivity contribution in [2.24, 2.45) is 5.73 Å². The lowest BCUT2D eigenvalue weighted by atomic mass is 9.93. The van der Waals surface area contributed by atoms with Crippen molar-refractivity contribution >= 4 is 16.8 Å². The third kappa shape index (κ3) is 1.48. The molecule has 0 aromatic rings. The number of hydrogen-bond donors (Lipinski definition) is 1. The summed E-state index contributed by atoms with van der Waals surface area (Å²) in [5.41, 5.74) is 4.82. The maximum atomic E-state index is 10.7. The van der Waals surface area contributed by atoms with Gasteiger partial charge in [-0.15, -0.1) is 0 Å². The van der Waals surface area contributed by atoms with Gasteiger partial charge in [0.1, 0.15) is 0 Å². The molecule has 0 atom stereocenters. The van der Waals surface area contributed by atoms with Crippen LogP contribution in [0.4, 0.5) is 0 Å². The first kappa shape index (κ1) is 7.98. The molecule has 0 aliphatic carbocycles. The van der Waals surface area contributed by atoms with E-state index in [-0.39, 0.29) is 0 Å². The van der Waals surface area contributed by atoms with E-state index < -0.39 is 10.8 Å². The summed E-state index contributed by atoms with van der Waals surface area (Å²) in [4.78, 5) is 10.7. The molecule has 1 fully saturated rings. The summed E-state index contributed by atoms with van der Waals surface area (Å²) < 4.78 is 5.02. The smallest absolute Gasteiger partial charge is 0.241 e. The van der Waals surface area contributed by atoms with Gasteiger partial charge in [0.2, 0.25) is 5.24 Å². The van der Waals surface area contributed by atoms with E-state index >= 15 is 0 Å². The zero-order valence-corrected chi connectivity index (χ0v) is 6.36. The van der Waals surface area contributed by atoms with Gasteiger partial charge in [-0.1, -0.05) is 0 Å². The predicted octanol–water partition coefficient (Wildman–Crippen LogP) is 0.260. The second kappa shape index (κ2) is 2.86. The van der Waals surface area contributed by atoms with Gasteiger partial charge >= 0.3 is 0 Å². The lowest BCUT2D eigenvalue weighted by Crippen LogP contribution is -2.49. The number of rotatable bonds is 1. The maximum Gasteiger partial charge on any atom is 0.241 e. The van der Waals surface area contributed by atoms with Crippen LogP contribution in [0.5, 0.6) is 0 Å². The van der Waals surface area contributed by atoms with Crippen molar-refractivity contribution in [2.45, 2.75) is 18.4 Å². The van der Waals surface area contributed by atoms with Crippen LogP contribution in [0.25, 0.3) is 0 Å². The lowest BCUT2D eigenvalue weighted by Gasteiger charge is -2.29. The van der Waals surface area contributed by atoms with Gasteiger partial charge in [-0.2, -0.15) is 0 Å². The molecule has 0 radical (unpaired) electrons. The number of halogens is 1. The topological polar surface area (TPSA) is 52.3 Å². The van der Waals surface area contributed by atoms with E-state index in [0.717, 1.165) is 0 Å². The molecule has 0 saturated carbocycles. The summed E-state index contributed by atoms with van der Waals surface area (Å²) >= 11 is 5.28. The number of carbonyl (C=O) groups excluding carboxylic acids is 1. The van der Waals surface area contributed by atoms with Gasteiger partial charge < -0.3 is 10.5 Å². The molecule has 3 nitrogen and oxygen atoms in total. The van der Waals surface area contributed by atoms with E-state index in [1.807, 2.05) is 0 Å². The molecular weight excluding hydrogens is 154 g/mol. The van der Waals surface area contributed by atoms with Crippen LogP contribution in [0.2, 0.25) is 0 Å². The molecule has 0 amide bonds. The molecule has 1 aliphatic rings. The van der Waals surface area contributed by atoms with Crippen LogP contribution in [0.3, 0.4) is 0 Å². The second-order valence-electron chi connectivity index (χ2n) is 2.54. The maximum absolute atomic E-state index is 10.7. The zero-order valence-electron chi connectivity index (χ0n) is 5.60. The van der Waals surface area contributed by atoms with Crippen molar-refractivity contribution in [3.8, 4) is 0 Å². The van der Waals surface area contributed by atoms with Crippen LogP contribution in [0.15, 0.2) is 0 Å². The molecule has 1 aliphatic heterocycles. The van der Waals surface area contributed by atoms with Crippen molar-refractivity contribution < 1.29 is 9.53 Å². The van der Waals surface area contributed by atoms with Crippen molar-refractivity contribution in [2.75, 3.05) is 13.2 Å². The largest absolute Gasteiger partial charge is 0.381 e. The Balaban J connectivity index is 2.56. The summed E-state index contributed by atoms with van der Waals surface area (Å²) in [5, 5.41) is -0.448. The minimum absolute atomic E-state index is 0.448. The number of ether oxygens (including phenoxy) is 1. The molecule has 0 aromatic heterocycles. The Morgan fingerprint density at radius 3 is 2.30 bits per heavy atom. The Morgan fingerprint density at radius 2 is 2.00 bits per heavy atom. The second-order valence-corrected chi connectivity index (χ2v) is 2.89. The van der Waals surface area contributed by atoms with Crippen LogP contribution in [0, 0.1) is 0 Å². The van der Waals surface area contributed by atoms with E-state index in [1.165, 1.54) is 0 Å². The molecule has 1 saturated heterocycles. The Morgan fingerprint density at radius 1 is 1.50 bits per heavy atom. The minimum atomic E-state index is -0.820. The quantitative estimate of drug-likeness (QED) is 0.565. The molecule has 2 N–H and O–H groups in total. The number of hydrogen-bond acceptors (Lipinski definition) is 3. The summed E-state index contributed by atoms with van der Waals surface area (Å²) in [5.74, 6) is 0. The Kier molecular flexibility index (Phi) is 2.28. The van der Waals surface area contributed by atoms with Crippen LogP contribution < -0.4 is 5.73 Å². The minimum Gasteiger partial charge on any atom is -0.381 e. The van der Waals surface area contributed by atoms with E-state index in [4.69, 9.17) is 22.1 Å². The van der Waals surface area contributed by atoms with E-state index in [1.54, 1.807) is 0 Å². The molecule has 0 unspecified atom stereocenters. The standard InChI is InChI=1S/C6H10ClNO2/c7-5(9)6(8)1-3-10-4-2-6/h1-4,8H2. The van der Waals surface area contributed by atoms with Crippen molar-refractivity contribution in [3.05, 3.63) is 0 Å². The van der Waals surface area contributed by atoms with E-state index in [9.17, 15) is 4.79 Å². The number of carbonyl (C=O) groups is 1. The van der Waals surface area contributed by atoms with Crippen molar-refractivity contribution in [3.63, 3.8) is 0 Å². The summed E-state index contributed by atoms with van der Waals surface area (Å²) in [6, 6.07) is 0. The van der Waals surface area contributed by atoms with E-state index in [2.05, 4.69) is 0 Å². The average molecular weight is 164 g/mol. The molecule has 1 heterocycles. The Bertz CT molecular complexity index is 143. The SMILES string of the molecule is NC1(C(=O)Cl)CCOCC1. The van der Waals surface area contributed by atoms with Crippen LogP contribution in [0.1, 0.15) is 12.8 Å². The van der Waals surface area contributed by atoms with E-state index in [0.29, 0.717) is 26.1 Å². The number of nitrogens with two attached hydrogens (primary N) is 1. The van der Waals surface area contributed by atoms with Crippen LogP contribution in [-0.4, -0.2) is 24.0 Å². The first-order chi connectivity index (χ1) is 4.65. The Labute approximate surface area is 64.5 Å². The molecule has 0 aromatic carbocycles. The first-order valence-electron chi connectivity index (χ1n) is 3.22. The van der Waals surface area contributed by atoms with Gasteiger partial charge in [-0.25, -0.2) is 0 Å². The lowest BCUT2D eigenvalue weighted by molar-refractivity contribution is -0.119. The van der Waals surface area contributed by atoms with Crippen LogP contribution >= 0.6 is 11.6 Å². The van der Waals surface area contributed by atoms with Gasteiger partial charge in [0.05, 0.1) is 5.54 Å². The first-order valence-corrected chi connectivity index (χ1v) is 3.59. The van der Waals surface area contributed by atoms with Gasteiger partial charge in [0.15, 0.2) is 0 Å². The third-order valence-electron chi connectivity index (χ3n) is 1.78. The molecule has 0 spiro atoms. The molecule has 1 rings (SSSR count). The third-order valence-corrected chi connectivity index (χ3v) is 2.15. The molecule has 58 valence electrons. The van der Waals surface area contributed by atoms with Crippen molar-refractivity contribution in [1.82, 2.24) is 0 Å². The summed E-state index contributed by atoms with van der Waals surface area (Å²) in [7, 11) is 0. The highest BCUT2D eigenvalue weighted by Gasteiger charge is 2.34. The highest BCUT2D eigenvalue weighted by atomic mass is 35.5. The fourth-order valence-electron chi connectivity index (χ4n) is 0.932. The average Bonchev–Trinajstić information content (AvgIpc) is 1.89. The van der Waals surface area contributed by atoms with Crippen molar-refractivity contribution in [1.29, 1.82) is 0 Å². The highest BCUT2D eigenvalue weighted by molar-refractivity contribution is 6.65. The van der Waals surface area contributed by atoms with Crippen LogP contribution in [-0.2, 0) is 9.53 Å². The predicted molar refractivity (Wildman–Crippen MR) is 37.8 cm³/mol. The molecular formula is C6H10ClNO2. The fourth-order valence-corrected chi connectivity index (χ4v) is 1.12. The summed E-state index contributed by atoms with van der Waals surface area (Å²) in [6.07, 6.45) is 1.07. The molecule has 4 heteroatoms. The molecule has 10 heavy (non-hydrogen) atoms. The van der Waals surface area contributed by atoms with Gasteiger partial charge in [-0.05, 0) is 24.4 Å². The van der Waals surface area contributed by atoms with Gasteiger partial charge in [-0.3, -0.25) is 4.79 Å². The van der Waals surface area contributed by atoms with Gasteiger partial charge in [0.25, 0.3) is 0 Å². The normalized spacial score (nSPS) is 24.2. The highest BCUT2D eigenvalue weighted by Crippen LogP contribution is 2.19. The summed E-state index contributed by atoms with van der Waals surface area (Å²) in [6.45, 7) is 1.07. The molecule has 0 bridgehead atoms. The monoisotopic (exact) mass is 163 g/mol. The fraction of sp³-hybridized carbons (Fsp3) is 0.833. The van der Waals surface area contributed by atoms with Gasteiger partial charge in [0, 0.05) is 13.2 Å².